The minimum Gasteiger partial charge on any atom is -0.467 e. The van der Waals surface area contributed by atoms with Crippen LogP contribution in [0.1, 0.15) is 24.5 Å². The molecule has 0 radical (unpaired) electrons. The quantitative estimate of drug-likeness (QED) is 0.734. The zero-order valence-electron chi connectivity index (χ0n) is 13.2. The third kappa shape index (κ3) is 2.70. The van der Waals surface area contributed by atoms with Gasteiger partial charge in [0.2, 0.25) is 0 Å². The highest BCUT2D eigenvalue weighted by Gasteiger charge is 2.25. The third-order valence-electron chi connectivity index (χ3n) is 4.38. The molecule has 1 aliphatic heterocycles. The number of anilines is 1. The molecule has 1 aromatic carbocycles. The molecule has 4 rings (SSSR count). The van der Waals surface area contributed by atoms with Crippen LogP contribution in [0, 0.1) is 0 Å². The van der Waals surface area contributed by atoms with Gasteiger partial charge in [-0.05, 0) is 30.7 Å². The van der Waals surface area contributed by atoms with Crippen molar-refractivity contribution in [3.63, 3.8) is 0 Å². The maximum atomic E-state index is 5.89. The number of benzene rings is 1. The molecule has 3 aromatic rings. The number of furan rings is 1. The fourth-order valence-corrected chi connectivity index (χ4v) is 3.17. The maximum Gasteiger partial charge on any atom is 0.134 e. The van der Waals surface area contributed by atoms with Crippen molar-refractivity contribution in [1.82, 2.24) is 4.98 Å². The van der Waals surface area contributed by atoms with Crippen LogP contribution in [0.5, 0.6) is 0 Å². The molecule has 0 bridgehead atoms. The summed E-state index contributed by atoms with van der Waals surface area (Å²) in [5, 5.41) is 1.20. The van der Waals surface area contributed by atoms with Gasteiger partial charge in [-0.1, -0.05) is 25.1 Å². The number of para-hydroxylation sites is 1. The lowest BCUT2D eigenvalue weighted by Gasteiger charge is -2.34. The molecule has 0 aliphatic carbocycles. The Morgan fingerprint density at radius 1 is 1.22 bits per heavy atom. The molecule has 2 aromatic heterocycles. The van der Waals surface area contributed by atoms with Crippen molar-refractivity contribution in [2.75, 3.05) is 24.6 Å². The Labute approximate surface area is 135 Å². The highest BCUT2D eigenvalue weighted by atomic mass is 16.5. The summed E-state index contributed by atoms with van der Waals surface area (Å²) in [7, 11) is 0. The lowest BCUT2D eigenvalue weighted by Crippen LogP contribution is -2.38. The molecule has 0 saturated carbocycles. The van der Waals surface area contributed by atoms with Gasteiger partial charge in [-0.15, -0.1) is 0 Å². The van der Waals surface area contributed by atoms with Gasteiger partial charge in [0.25, 0.3) is 0 Å². The van der Waals surface area contributed by atoms with Crippen molar-refractivity contribution in [3.8, 4) is 0 Å². The molecule has 23 heavy (non-hydrogen) atoms. The Bertz CT molecular complexity index is 798. The topological polar surface area (TPSA) is 38.5 Å². The van der Waals surface area contributed by atoms with Crippen molar-refractivity contribution in [2.24, 2.45) is 0 Å². The van der Waals surface area contributed by atoms with E-state index in [1.54, 1.807) is 6.26 Å². The van der Waals surface area contributed by atoms with E-state index in [9.17, 15) is 0 Å². The Morgan fingerprint density at radius 3 is 2.96 bits per heavy atom. The van der Waals surface area contributed by atoms with Gasteiger partial charge in [-0.2, -0.15) is 0 Å². The van der Waals surface area contributed by atoms with E-state index < -0.39 is 0 Å². The molecule has 1 unspecified atom stereocenters. The monoisotopic (exact) mass is 308 g/mol. The van der Waals surface area contributed by atoms with E-state index in [4.69, 9.17) is 14.1 Å². The minimum absolute atomic E-state index is 0.0178. The number of rotatable bonds is 3. The Hall–Kier alpha value is -2.33. The van der Waals surface area contributed by atoms with E-state index in [0.29, 0.717) is 6.61 Å². The molecular weight excluding hydrogens is 288 g/mol. The summed E-state index contributed by atoms with van der Waals surface area (Å²) in [6, 6.07) is 14.5. The lowest BCUT2D eigenvalue weighted by molar-refractivity contribution is 0.0258. The van der Waals surface area contributed by atoms with Crippen LogP contribution >= 0.6 is 0 Å². The van der Waals surface area contributed by atoms with Crippen LogP contribution in [0.3, 0.4) is 0 Å². The molecule has 0 N–H and O–H groups in total. The molecule has 1 atom stereocenters. The van der Waals surface area contributed by atoms with E-state index in [0.717, 1.165) is 36.5 Å². The number of nitrogens with zero attached hydrogens (tertiary/aromatic N) is 2. The summed E-state index contributed by atoms with van der Waals surface area (Å²) in [5.41, 5.74) is 3.43. The number of pyridine rings is 1. The van der Waals surface area contributed by atoms with Crippen molar-refractivity contribution >= 4 is 16.6 Å². The van der Waals surface area contributed by atoms with E-state index in [-0.39, 0.29) is 6.10 Å². The van der Waals surface area contributed by atoms with Crippen LogP contribution < -0.4 is 4.90 Å². The molecule has 1 aliphatic rings. The van der Waals surface area contributed by atoms with E-state index in [1.807, 2.05) is 18.2 Å². The Morgan fingerprint density at radius 2 is 2.13 bits per heavy atom. The number of aryl methyl sites for hydroxylation is 1. The molecule has 0 spiro atoms. The van der Waals surface area contributed by atoms with Gasteiger partial charge in [-0.3, -0.25) is 4.98 Å². The largest absolute Gasteiger partial charge is 0.467 e. The number of hydrogen-bond donors (Lipinski definition) is 0. The molecular formula is C19H20N2O2. The predicted octanol–water partition coefficient (Wildman–Crippen LogP) is 3.97. The summed E-state index contributed by atoms with van der Waals surface area (Å²) < 4.78 is 11.4. The molecule has 4 nitrogen and oxygen atoms in total. The smallest absolute Gasteiger partial charge is 0.134 e. The second-order valence-electron chi connectivity index (χ2n) is 5.82. The summed E-state index contributed by atoms with van der Waals surface area (Å²) in [6.45, 7) is 4.52. The van der Waals surface area contributed by atoms with E-state index in [2.05, 4.69) is 36.1 Å². The van der Waals surface area contributed by atoms with Gasteiger partial charge >= 0.3 is 0 Å². The van der Waals surface area contributed by atoms with Crippen molar-refractivity contribution in [3.05, 3.63) is 60.2 Å². The van der Waals surface area contributed by atoms with Crippen molar-refractivity contribution < 1.29 is 9.15 Å². The second kappa shape index (κ2) is 6.05. The van der Waals surface area contributed by atoms with Crippen LogP contribution in [0.2, 0.25) is 0 Å². The average molecular weight is 308 g/mol. The fraction of sp³-hybridized carbons (Fsp3) is 0.316. The van der Waals surface area contributed by atoms with E-state index in [1.165, 1.54) is 11.1 Å². The number of fused-ring (bicyclic) bond motifs is 1. The first-order chi connectivity index (χ1) is 11.3. The molecule has 118 valence electrons. The zero-order chi connectivity index (χ0) is 15.6. The summed E-state index contributed by atoms with van der Waals surface area (Å²) in [4.78, 5) is 7.13. The second-order valence-corrected chi connectivity index (χ2v) is 5.82. The van der Waals surface area contributed by atoms with Crippen LogP contribution in [-0.2, 0) is 11.2 Å². The van der Waals surface area contributed by atoms with E-state index >= 15 is 0 Å². The van der Waals surface area contributed by atoms with Crippen LogP contribution in [0.25, 0.3) is 10.9 Å². The van der Waals surface area contributed by atoms with Gasteiger partial charge < -0.3 is 14.1 Å². The van der Waals surface area contributed by atoms with Gasteiger partial charge in [0.1, 0.15) is 11.9 Å². The Balaban J connectivity index is 1.73. The number of aromatic nitrogens is 1. The first-order valence-corrected chi connectivity index (χ1v) is 8.14. The minimum atomic E-state index is -0.0178. The predicted molar refractivity (Wildman–Crippen MR) is 90.7 cm³/mol. The molecule has 3 heterocycles. The summed E-state index contributed by atoms with van der Waals surface area (Å²) in [6.07, 6.45) is 2.62. The van der Waals surface area contributed by atoms with Gasteiger partial charge in [-0.25, -0.2) is 0 Å². The van der Waals surface area contributed by atoms with Crippen molar-refractivity contribution in [2.45, 2.75) is 19.4 Å². The standard InChI is InChI=1S/C19H20N2O2/c1-2-14-12-17(15-6-3-4-7-16(15)20-14)21-9-11-23-19(13-21)18-8-5-10-22-18/h3-8,10,12,19H,2,9,11,13H2,1H3. The van der Waals surface area contributed by atoms with Crippen LogP contribution in [0.4, 0.5) is 5.69 Å². The lowest BCUT2D eigenvalue weighted by atomic mass is 10.1. The molecule has 0 amide bonds. The summed E-state index contributed by atoms with van der Waals surface area (Å²) in [5.74, 6) is 0.892. The average Bonchev–Trinajstić information content (AvgIpc) is 3.15. The normalized spacial score (nSPS) is 18.5. The Kier molecular flexibility index (Phi) is 3.75. The fourth-order valence-electron chi connectivity index (χ4n) is 3.17. The first-order valence-electron chi connectivity index (χ1n) is 8.14. The molecule has 1 saturated heterocycles. The number of morpholine rings is 1. The van der Waals surface area contributed by atoms with Gasteiger partial charge in [0.05, 0.1) is 24.9 Å². The molecule has 4 heteroatoms. The van der Waals surface area contributed by atoms with Crippen LogP contribution in [0.15, 0.2) is 53.1 Å². The van der Waals surface area contributed by atoms with Crippen molar-refractivity contribution in [1.29, 1.82) is 0 Å². The first kappa shape index (κ1) is 14.3. The SMILES string of the molecule is CCc1cc(N2CCOC(c3ccco3)C2)c2ccccc2n1. The summed E-state index contributed by atoms with van der Waals surface area (Å²) >= 11 is 0. The highest BCUT2D eigenvalue weighted by molar-refractivity contribution is 5.92. The highest BCUT2D eigenvalue weighted by Crippen LogP contribution is 2.31. The zero-order valence-corrected chi connectivity index (χ0v) is 13.2. The number of ether oxygens (including phenoxy) is 1. The van der Waals surface area contributed by atoms with Crippen LogP contribution in [-0.4, -0.2) is 24.7 Å². The number of hydrogen-bond acceptors (Lipinski definition) is 4. The third-order valence-corrected chi connectivity index (χ3v) is 4.38. The maximum absolute atomic E-state index is 5.89. The van der Waals surface area contributed by atoms with Gasteiger partial charge in [0.15, 0.2) is 0 Å². The van der Waals surface area contributed by atoms with Gasteiger partial charge in [0, 0.05) is 23.3 Å². The molecule has 1 fully saturated rings.